The van der Waals surface area contributed by atoms with Crippen molar-refractivity contribution < 1.29 is 24.2 Å². The standard InChI is InChI=1S/C26H32N2O5/c1-17(2)16-33-21-8-6-20(7-9-21)24(29)22-23(19-10-12-27-13-11-19)28(26(31)25(22)30)14-5-15-32-18(3)4/h6-13,17-18,23,29H,5,14-16H2,1-4H3/b24-22-. The number of aliphatic hydroxyl groups is 1. The highest BCUT2D eigenvalue weighted by atomic mass is 16.5. The summed E-state index contributed by atoms with van der Waals surface area (Å²) in [7, 11) is 0. The summed E-state index contributed by atoms with van der Waals surface area (Å²) in [6, 6.07) is 9.70. The quantitative estimate of drug-likeness (QED) is 0.249. The highest BCUT2D eigenvalue weighted by molar-refractivity contribution is 6.46. The Bertz CT molecular complexity index is 984. The molecule has 1 fully saturated rings. The summed E-state index contributed by atoms with van der Waals surface area (Å²) in [6.07, 6.45) is 3.88. The van der Waals surface area contributed by atoms with Crippen molar-refractivity contribution in [2.24, 2.45) is 5.92 Å². The van der Waals surface area contributed by atoms with Crippen LogP contribution in [0.25, 0.3) is 5.76 Å². The van der Waals surface area contributed by atoms with Gasteiger partial charge in [0.1, 0.15) is 11.5 Å². The van der Waals surface area contributed by atoms with Gasteiger partial charge < -0.3 is 19.5 Å². The van der Waals surface area contributed by atoms with Gasteiger partial charge in [-0.25, -0.2) is 0 Å². The molecule has 1 aliphatic heterocycles. The highest BCUT2D eigenvalue weighted by Gasteiger charge is 2.45. The molecule has 1 aromatic heterocycles. The van der Waals surface area contributed by atoms with Crippen molar-refractivity contribution >= 4 is 17.4 Å². The Balaban J connectivity index is 1.93. The maximum absolute atomic E-state index is 13.0. The van der Waals surface area contributed by atoms with Crippen LogP contribution in [-0.2, 0) is 14.3 Å². The normalized spacial score (nSPS) is 17.9. The molecule has 33 heavy (non-hydrogen) atoms. The maximum Gasteiger partial charge on any atom is 0.295 e. The number of aromatic nitrogens is 1. The van der Waals surface area contributed by atoms with Crippen LogP contribution in [0.5, 0.6) is 5.75 Å². The average Bonchev–Trinajstić information content (AvgIpc) is 3.05. The molecule has 3 rings (SSSR count). The Hall–Kier alpha value is -3.19. The van der Waals surface area contributed by atoms with Crippen molar-refractivity contribution in [2.45, 2.75) is 46.3 Å². The molecule has 0 radical (unpaired) electrons. The van der Waals surface area contributed by atoms with Crippen LogP contribution in [0.15, 0.2) is 54.4 Å². The fourth-order valence-electron chi connectivity index (χ4n) is 3.68. The van der Waals surface area contributed by atoms with Crippen LogP contribution in [0.4, 0.5) is 0 Å². The lowest BCUT2D eigenvalue weighted by Gasteiger charge is -2.25. The first-order valence-electron chi connectivity index (χ1n) is 11.3. The highest BCUT2D eigenvalue weighted by Crippen LogP contribution is 2.39. The molecule has 0 bridgehead atoms. The molecule has 176 valence electrons. The first kappa shape index (κ1) is 24.5. The van der Waals surface area contributed by atoms with Gasteiger partial charge >= 0.3 is 0 Å². The average molecular weight is 453 g/mol. The number of aliphatic hydroxyl groups excluding tert-OH is 1. The van der Waals surface area contributed by atoms with Gasteiger partial charge in [0.15, 0.2) is 0 Å². The Kier molecular flexibility index (Phi) is 8.22. The van der Waals surface area contributed by atoms with Crippen LogP contribution >= 0.6 is 0 Å². The van der Waals surface area contributed by atoms with E-state index in [-0.39, 0.29) is 17.4 Å². The zero-order valence-corrected chi connectivity index (χ0v) is 19.7. The zero-order valence-electron chi connectivity index (χ0n) is 19.7. The molecular formula is C26H32N2O5. The zero-order chi connectivity index (χ0) is 24.0. The summed E-state index contributed by atoms with van der Waals surface area (Å²) in [4.78, 5) is 31.5. The summed E-state index contributed by atoms with van der Waals surface area (Å²) in [6.45, 7) is 9.41. The van der Waals surface area contributed by atoms with E-state index in [9.17, 15) is 14.7 Å². The number of Topliss-reactive ketones (excluding diaryl/α,β-unsaturated/α-hetero) is 1. The number of ether oxygens (including phenoxy) is 2. The summed E-state index contributed by atoms with van der Waals surface area (Å²) in [5.74, 6) is -0.456. The molecule has 0 saturated carbocycles. The van der Waals surface area contributed by atoms with Crippen molar-refractivity contribution in [3.05, 3.63) is 65.5 Å². The van der Waals surface area contributed by atoms with Gasteiger partial charge in [-0.3, -0.25) is 14.6 Å². The molecule has 1 N–H and O–H groups in total. The molecule has 1 amide bonds. The van der Waals surface area contributed by atoms with Gasteiger partial charge in [0.25, 0.3) is 11.7 Å². The third kappa shape index (κ3) is 5.99. The number of hydrogen-bond donors (Lipinski definition) is 1. The van der Waals surface area contributed by atoms with Crippen LogP contribution in [0.3, 0.4) is 0 Å². The summed E-state index contributed by atoms with van der Waals surface area (Å²) in [5.41, 5.74) is 1.24. The summed E-state index contributed by atoms with van der Waals surface area (Å²) in [5, 5.41) is 11.1. The molecule has 1 unspecified atom stereocenters. The second-order valence-corrected chi connectivity index (χ2v) is 8.78. The van der Waals surface area contributed by atoms with Gasteiger partial charge in [0.05, 0.1) is 24.3 Å². The third-order valence-electron chi connectivity index (χ3n) is 5.27. The van der Waals surface area contributed by atoms with E-state index in [1.165, 1.54) is 4.90 Å². The fourth-order valence-corrected chi connectivity index (χ4v) is 3.68. The SMILES string of the molecule is CC(C)COc1ccc(/C(O)=C2/C(=O)C(=O)N(CCCOC(C)C)C2c2ccncc2)cc1. The molecule has 2 aromatic rings. The maximum atomic E-state index is 13.0. The van der Waals surface area contributed by atoms with Crippen LogP contribution in [0.1, 0.15) is 51.3 Å². The molecule has 1 aromatic carbocycles. The molecule has 0 spiro atoms. The number of amides is 1. The monoisotopic (exact) mass is 452 g/mol. The van der Waals surface area contributed by atoms with Crippen molar-refractivity contribution in [2.75, 3.05) is 19.8 Å². The molecule has 1 aliphatic rings. The third-order valence-corrected chi connectivity index (χ3v) is 5.27. The minimum absolute atomic E-state index is 0.0758. The van der Waals surface area contributed by atoms with Crippen molar-refractivity contribution in [3.63, 3.8) is 0 Å². The summed E-state index contributed by atoms with van der Waals surface area (Å²) >= 11 is 0. The van der Waals surface area contributed by atoms with Crippen LogP contribution < -0.4 is 4.74 Å². The van der Waals surface area contributed by atoms with Gasteiger partial charge in [0, 0.05) is 31.1 Å². The number of likely N-dealkylation sites (tertiary alicyclic amines) is 1. The van der Waals surface area contributed by atoms with E-state index in [0.29, 0.717) is 49.0 Å². The topological polar surface area (TPSA) is 89.0 Å². The molecule has 7 heteroatoms. The Labute approximate surface area is 195 Å². The van der Waals surface area contributed by atoms with Crippen molar-refractivity contribution in [1.82, 2.24) is 9.88 Å². The summed E-state index contributed by atoms with van der Waals surface area (Å²) < 4.78 is 11.3. The van der Waals surface area contributed by atoms with Gasteiger partial charge in [-0.2, -0.15) is 0 Å². The second kappa shape index (κ2) is 11.1. The van der Waals surface area contributed by atoms with E-state index < -0.39 is 17.7 Å². The minimum atomic E-state index is -0.695. The Morgan fingerprint density at radius 3 is 2.33 bits per heavy atom. The minimum Gasteiger partial charge on any atom is -0.507 e. The van der Waals surface area contributed by atoms with E-state index in [4.69, 9.17) is 9.47 Å². The predicted octanol–water partition coefficient (Wildman–Crippen LogP) is 4.35. The molecule has 1 atom stereocenters. The number of carbonyl (C=O) groups excluding carboxylic acids is 2. The van der Waals surface area contributed by atoms with Crippen LogP contribution in [0.2, 0.25) is 0 Å². The van der Waals surface area contributed by atoms with Gasteiger partial charge in [0.2, 0.25) is 0 Å². The fraction of sp³-hybridized carbons (Fsp3) is 0.423. The van der Waals surface area contributed by atoms with Crippen LogP contribution in [-0.4, -0.2) is 52.5 Å². The number of hydrogen-bond acceptors (Lipinski definition) is 6. The molecular weight excluding hydrogens is 420 g/mol. The predicted molar refractivity (Wildman–Crippen MR) is 126 cm³/mol. The number of benzene rings is 1. The lowest BCUT2D eigenvalue weighted by Crippen LogP contribution is -2.31. The van der Waals surface area contributed by atoms with Gasteiger partial charge in [-0.05, 0) is 68.1 Å². The molecule has 0 aliphatic carbocycles. The number of nitrogens with zero attached hydrogens (tertiary/aromatic N) is 2. The van der Waals surface area contributed by atoms with E-state index in [0.717, 1.165) is 0 Å². The lowest BCUT2D eigenvalue weighted by atomic mass is 9.96. The smallest absolute Gasteiger partial charge is 0.295 e. The molecule has 7 nitrogen and oxygen atoms in total. The number of pyridine rings is 1. The van der Waals surface area contributed by atoms with E-state index >= 15 is 0 Å². The van der Waals surface area contributed by atoms with E-state index in [2.05, 4.69) is 18.8 Å². The van der Waals surface area contributed by atoms with Crippen molar-refractivity contribution in [3.8, 4) is 5.75 Å². The van der Waals surface area contributed by atoms with E-state index in [1.807, 2.05) is 13.8 Å². The Morgan fingerprint density at radius 1 is 1.06 bits per heavy atom. The Morgan fingerprint density at radius 2 is 1.73 bits per heavy atom. The van der Waals surface area contributed by atoms with Gasteiger partial charge in [-0.15, -0.1) is 0 Å². The number of carbonyl (C=O) groups is 2. The van der Waals surface area contributed by atoms with E-state index in [1.54, 1.807) is 48.8 Å². The number of ketones is 1. The van der Waals surface area contributed by atoms with Crippen LogP contribution in [0, 0.1) is 5.92 Å². The lowest BCUT2D eigenvalue weighted by molar-refractivity contribution is -0.140. The second-order valence-electron chi connectivity index (χ2n) is 8.78. The largest absolute Gasteiger partial charge is 0.507 e. The molecule has 2 heterocycles. The first-order chi connectivity index (χ1) is 15.8. The molecule has 1 saturated heterocycles. The van der Waals surface area contributed by atoms with Gasteiger partial charge in [-0.1, -0.05) is 13.8 Å². The number of rotatable bonds is 10. The first-order valence-corrected chi connectivity index (χ1v) is 11.3. The van der Waals surface area contributed by atoms with Crippen molar-refractivity contribution in [1.29, 1.82) is 0 Å².